The van der Waals surface area contributed by atoms with E-state index in [0.29, 0.717) is 5.56 Å². The second kappa shape index (κ2) is 9.05. The maximum Gasteiger partial charge on any atom is 0.416 e. The Kier molecular flexibility index (Phi) is 6.45. The van der Waals surface area contributed by atoms with Crippen molar-refractivity contribution in [3.63, 3.8) is 0 Å². The number of halogens is 4. The SMILES string of the molecule is O=C(Cc1cccc(C(F)(F)F)c1)N/N=C\c1ccc(-c2cc(C(=O)[O-])ccc2Cl)o1. The Morgan fingerprint density at radius 1 is 1.13 bits per heavy atom. The topological polar surface area (TPSA) is 94.7 Å². The zero-order valence-corrected chi connectivity index (χ0v) is 16.3. The summed E-state index contributed by atoms with van der Waals surface area (Å²) in [6, 6.07) is 11.5. The average molecular weight is 450 g/mol. The Morgan fingerprint density at radius 2 is 1.90 bits per heavy atom. The lowest BCUT2D eigenvalue weighted by atomic mass is 10.1. The lowest BCUT2D eigenvalue weighted by Crippen LogP contribution is -2.22. The van der Waals surface area contributed by atoms with Crippen molar-refractivity contribution >= 4 is 29.7 Å². The molecule has 1 amide bonds. The molecule has 0 aliphatic rings. The largest absolute Gasteiger partial charge is 0.545 e. The van der Waals surface area contributed by atoms with E-state index < -0.39 is 23.6 Å². The van der Waals surface area contributed by atoms with Crippen molar-refractivity contribution < 1.29 is 32.3 Å². The maximum atomic E-state index is 12.7. The second-order valence-corrected chi connectivity index (χ2v) is 6.76. The minimum atomic E-state index is -4.50. The van der Waals surface area contributed by atoms with Gasteiger partial charge < -0.3 is 14.3 Å². The van der Waals surface area contributed by atoms with Crippen molar-refractivity contribution in [2.75, 3.05) is 0 Å². The standard InChI is InChI=1S/C21H14ClF3N2O4/c22-17-6-4-13(20(29)30)10-16(17)18-7-5-15(31-18)11-26-27-19(28)9-12-2-1-3-14(8-12)21(23,24)25/h1-8,10-11H,9H2,(H,27,28)(H,29,30)/p-1/b26-11-. The number of hydrazone groups is 1. The van der Waals surface area contributed by atoms with E-state index in [1.54, 1.807) is 0 Å². The van der Waals surface area contributed by atoms with Gasteiger partial charge in [-0.05, 0) is 41.5 Å². The van der Waals surface area contributed by atoms with Gasteiger partial charge in [-0.1, -0.05) is 35.9 Å². The van der Waals surface area contributed by atoms with Crippen LogP contribution in [0.25, 0.3) is 11.3 Å². The first-order chi connectivity index (χ1) is 14.6. The van der Waals surface area contributed by atoms with Crippen LogP contribution < -0.4 is 10.5 Å². The van der Waals surface area contributed by atoms with E-state index in [9.17, 15) is 27.9 Å². The summed E-state index contributed by atoms with van der Waals surface area (Å²) in [6.07, 6.45) is -3.61. The summed E-state index contributed by atoms with van der Waals surface area (Å²) in [4.78, 5) is 22.9. The van der Waals surface area contributed by atoms with Crippen LogP contribution in [0.3, 0.4) is 0 Å². The van der Waals surface area contributed by atoms with Crippen molar-refractivity contribution in [3.8, 4) is 11.3 Å². The van der Waals surface area contributed by atoms with Crippen molar-refractivity contribution in [3.05, 3.63) is 82.1 Å². The average Bonchev–Trinajstić information content (AvgIpc) is 3.16. The molecule has 6 nitrogen and oxygen atoms in total. The molecule has 0 atom stereocenters. The highest BCUT2D eigenvalue weighted by molar-refractivity contribution is 6.33. The number of nitrogens with zero attached hydrogens (tertiary/aromatic N) is 1. The number of amides is 1. The summed E-state index contributed by atoms with van der Waals surface area (Å²) >= 11 is 6.07. The number of nitrogens with one attached hydrogen (secondary N) is 1. The normalized spacial score (nSPS) is 11.6. The number of carbonyl (C=O) groups excluding carboxylic acids is 2. The van der Waals surface area contributed by atoms with E-state index in [1.807, 2.05) is 0 Å². The lowest BCUT2D eigenvalue weighted by molar-refractivity contribution is -0.255. The molecule has 10 heteroatoms. The van der Waals surface area contributed by atoms with Crippen LogP contribution in [-0.4, -0.2) is 18.1 Å². The highest BCUT2D eigenvalue weighted by Crippen LogP contribution is 2.30. The summed E-state index contributed by atoms with van der Waals surface area (Å²) < 4.78 is 43.7. The third-order valence-electron chi connectivity index (χ3n) is 4.09. The van der Waals surface area contributed by atoms with Crippen LogP contribution in [0.1, 0.15) is 27.2 Å². The van der Waals surface area contributed by atoms with Crippen LogP contribution in [0.15, 0.2) is 64.1 Å². The molecule has 0 unspecified atom stereocenters. The molecule has 160 valence electrons. The fraction of sp³-hybridized carbons (Fsp3) is 0.0952. The van der Waals surface area contributed by atoms with Crippen LogP contribution in [0, 0.1) is 0 Å². The molecule has 1 N–H and O–H groups in total. The summed E-state index contributed by atoms with van der Waals surface area (Å²) in [5.41, 5.74) is 1.80. The summed E-state index contributed by atoms with van der Waals surface area (Å²) in [5, 5.41) is 15.0. The fourth-order valence-electron chi connectivity index (χ4n) is 2.66. The molecular weight excluding hydrogens is 437 g/mol. The number of aromatic carboxylic acids is 1. The van der Waals surface area contributed by atoms with Crippen molar-refractivity contribution in [1.82, 2.24) is 5.43 Å². The second-order valence-electron chi connectivity index (χ2n) is 6.35. The first-order valence-electron chi connectivity index (χ1n) is 8.72. The number of carboxylic acids is 1. The molecule has 0 bridgehead atoms. The zero-order valence-electron chi connectivity index (χ0n) is 15.6. The van der Waals surface area contributed by atoms with Gasteiger partial charge in [-0.15, -0.1) is 0 Å². The first kappa shape index (κ1) is 22.1. The molecule has 0 radical (unpaired) electrons. The van der Waals surface area contributed by atoms with E-state index in [4.69, 9.17) is 16.0 Å². The number of carboxylic acid groups (broad SMARTS) is 1. The molecule has 2 aromatic carbocycles. The molecule has 0 aliphatic carbocycles. The molecule has 3 aromatic rings. The monoisotopic (exact) mass is 449 g/mol. The van der Waals surface area contributed by atoms with E-state index in [-0.39, 0.29) is 34.1 Å². The van der Waals surface area contributed by atoms with Crippen LogP contribution in [0.4, 0.5) is 13.2 Å². The third-order valence-corrected chi connectivity index (χ3v) is 4.42. The number of hydrogen-bond acceptors (Lipinski definition) is 5. The van der Waals surface area contributed by atoms with Gasteiger partial charge in [0.25, 0.3) is 0 Å². The van der Waals surface area contributed by atoms with Crippen molar-refractivity contribution in [2.45, 2.75) is 12.6 Å². The molecular formula is C21H13ClF3N2O4-. The molecule has 0 aliphatic heterocycles. The number of carbonyl (C=O) groups is 2. The Labute approximate surface area is 178 Å². The van der Waals surface area contributed by atoms with Crippen LogP contribution in [0.5, 0.6) is 0 Å². The molecule has 1 aromatic heterocycles. The van der Waals surface area contributed by atoms with E-state index in [1.165, 1.54) is 48.7 Å². The number of benzene rings is 2. The molecule has 1 heterocycles. The van der Waals surface area contributed by atoms with E-state index >= 15 is 0 Å². The minimum absolute atomic E-state index is 0.0760. The minimum Gasteiger partial charge on any atom is -0.545 e. The van der Waals surface area contributed by atoms with Gasteiger partial charge in [0.2, 0.25) is 5.91 Å². The van der Waals surface area contributed by atoms with Gasteiger partial charge in [0.05, 0.1) is 29.2 Å². The highest BCUT2D eigenvalue weighted by atomic mass is 35.5. The quantitative estimate of drug-likeness (QED) is 0.459. The third kappa shape index (κ3) is 5.73. The van der Waals surface area contributed by atoms with Crippen LogP contribution in [0.2, 0.25) is 5.02 Å². The first-order valence-corrected chi connectivity index (χ1v) is 9.10. The predicted molar refractivity (Wildman–Crippen MR) is 104 cm³/mol. The Hall–Kier alpha value is -3.59. The maximum absolute atomic E-state index is 12.7. The fourth-order valence-corrected chi connectivity index (χ4v) is 2.87. The Morgan fingerprint density at radius 3 is 2.61 bits per heavy atom. The molecule has 0 saturated heterocycles. The molecule has 31 heavy (non-hydrogen) atoms. The number of furan rings is 1. The number of alkyl halides is 3. The molecule has 0 saturated carbocycles. The molecule has 0 fully saturated rings. The Balaban J connectivity index is 1.64. The smallest absolute Gasteiger partial charge is 0.416 e. The van der Waals surface area contributed by atoms with Crippen molar-refractivity contribution in [2.24, 2.45) is 5.10 Å². The van der Waals surface area contributed by atoms with Gasteiger partial charge in [-0.3, -0.25) is 4.79 Å². The van der Waals surface area contributed by atoms with E-state index in [2.05, 4.69) is 10.5 Å². The van der Waals surface area contributed by atoms with Gasteiger partial charge in [0.1, 0.15) is 11.5 Å². The number of rotatable bonds is 6. The van der Waals surface area contributed by atoms with E-state index in [0.717, 1.165) is 12.1 Å². The summed E-state index contributed by atoms with van der Waals surface area (Å²) in [6.45, 7) is 0. The van der Waals surface area contributed by atoms with Crippen LogP contribution in [-0.2, 0) is 17.4 Å². The van der Waals surface area contributed by atoms with Crippen LogP contribution >= 0.6 is 11.6 Å². The van der Waals surface area contributed by atoms with Crippen molar-refractivity contribution in [1.29, 1.82) is 0 Å². The number of hydrogen-bond donors (Lipinski definition) is 1. The molecule has 3 rings (SSSR count). The van der Waals surface area contributed by atoms with Gasteiger partial charge >= 0.3 is 6.18 Å². The van der Waals surface area contributed by atoms with Gasteiger partial charge in [-0.2, -0.15) is 18.3 Å². The lowest BCUT2D eigenvalue weighted by Gasteiger charge is -2.08. The zero-order chi connectivity index (χ0) is 22.6. The molecule has 0 spiro atoms. The summed E-state index contributed by atoms with van der Waals surface area (Å²) in [7, 11) is 0. The Bertz CT molecular complexity index is 1160. The van der Waals surface area contributed by atoms with Gasteiger partial charge in [-0.25, -0.2) is 5.43 Å². The summed E-state index contributed by atoms with van der Waals surface area (Å²) in [5.74, 6) is -1.49. The highest BCUT2D eigenvalue weighted by Gasteiger charge is 2.30. The van der Waals surface area contributed by atoms with Gasteiger partial charge in [0, 0.05) is 5.56 Å². The van der Waals surface area contributed by atoms with Gasteiger partial charge in [0.15, 0.2) is 0 Å². The predicted octanol–water partition coefficient (Wildman–Crippen LogP) is 3.68.